The summed E-state index contributed by atoms with van der Waals surface area (Å²) in [6.07, 6.45) is 0. The zero-order valence-electron chi connectivity index (χ0n) is 16.3. The van der Waals surface area contributed by atoms with E-state index >= 15 is 0 Å². The summed E-state index contributed by atoms with van der Waals surface area (Å²) in [5, 5.41) is 16.2. The molecule has 1 atom stereocenters. The maximum absolute atomic E-state index is 12.9. The molecule has 0 aliphatic carbocycles. The van der Waals surface area contributed by atoms with Crippen LogP contribution in [0, 0.1) is 24.0 Å². The highest BCUT2D eigenvalue weighted by molar-refractivity contribution is 6.31. The summed E-state index contributed by atoms with van der Waals surface area (Å²) in [7, 11) is 0. The third kappa shape index (κ3) is 4.02. The van der Waals surface area contributed by atoms with Gasteiger partial charge in [0.15, 0.2) is 0 Å². The number of hydrogen-bond donors (Lipinski definition) is 0. The van der Waals surface area contributed by atoms with Crippen molar-refractivity contribution in [1.29, 1.82) is 0 Å². The number of nitro groups is 1. The second-order valence-electron chi connectivity index (χ2n) is 7.09. The summed E-state index contributed by atoms with van der Waals surface area (Å²) < 4.78 is 1.46. The highest BCUT2D eigenvalue weighted by Crippen LogP contribution is 2.26. The molecule has 1 aliphatic rings. The Morgan fingerprint density at radius 3 is 2.46 bits per heavy atom. The second kappa shape index (κ2) is 8.28. The van der Waals surface area contributed by atoms with Gasteiger partial charge in [-0.05, 0) is 32.4 Å². The number of carbonyl (C=O) groups is 1. The molecule has 150 valence electrons. The van der Waals surface area contributed by atoms with Gasteiger partial charge < -0.3 is 4.90 Å². The first-order valence-electron chi connectivity index (χ1n) is 9.24. The number of benzene rings is 1. The zero-order valence-corrected chi connectivity index (χ0v) is 17.0. The van der Waals surface area contributed by atoms with Gasteiger partial charge in [0, 0.05) is 37.7 Å². The monoisotopic (exact) mass is 405 g/mol. The molecule has 1 saturated heterocycles. The SMILES string of the molecule is Cc1nn(C(C)C(=O)N2CCN(Cc3ccccc3Cl)CC2)c(C)c1[N+](=O)[O-]. The number of piperazine rings is 1. The third-order valence-electron chi connectivity index (χ3n) is 5.23. The van der Waals surface area contributed by atoms with Crippen molar-refractivity contribution in [3.05, 3.63) is 56.4 Å². The van der Waals surface area contributed by atoms with Gasteiger partial charge in [-0.3, -0.25) is 24.5 Å². The van der Waals surface area contributed by atoms with E-state index < -0.39 is 11.0 Å². The molecular weight excluding hydrogens is 382 g/mol. The van der Waals surface area contributed by atoms with Crippen molar-refractivity contribution >= 4 is 23.2 Å². The highest BCUT2D eigenvalue weighted by Gasteiger charge is 2.30. The van der Waals surface area contributed by atoms with Gasteiger partial charge in [-0.2, -0.15) is 5.10 Å². The van der Waals surface area contributed by atoms with Crippen molar-refractivity contribution in [2.24, 2.45) is 0 Å². The number of amides is 1. The third-order valence-corrected chi connectivity index (χ3v) is 5.60. The van der Waals surface area contributed by atoms with Gasteiger partial charge in [0.1, 0.15) is 17.4 Å². The Morgan fingerprint density at radius 1 is 1.25 bits per heavy atom. The molecule has 1 aliphatic heterocycles. The van der Waals surface area contributed by atoms with Crippen molar-refractivity contribution < 1.29 is 9.72 Å². The van der Waals surface area contributed by atoms with Crippen LogP contribution in [0.5, 0.6) is 0 Å². The fourth-order valence-corrected chi connectivity index (χ4v) is 3.85. The van der Waals surface area contributed by atoms with Crippen molar-refractivity contribution in [1.82, 2.24) is 19.6 Å². The minimum absolute atomic E-state index is 0.0239. The van der Waals surface area contributed by atoms with Crippen LogP contribution in [0.2, 0.25) is 5.02 Å². The summed E-state index contributed by atoms with van der Waals surface area (Å²) in [5.41, 5.74) is 1.78. The van der Waals surface area contributed by atoms with Gasteiger partial charge in [0.05, 0.1) is 4.92 Å². The standard InChI is InChI=1S/C19H24ClN5O3/c1-13-18(25(27)28)14(2)24(21-13)15(3)19(26)23-10-8-22(9-11-23)12-16-6-4-5-7-17(16)20/h4-7,15H,8-12H2,1-3H3. The van der Waals surface area contributed by atoms with E-state index in [2.05, 4.69) is 10.00 Å². The Labute approximate surface area is 168 Å². The number of hydrogen-bond acceptors (Lipinski definition) is 5. The molecule has 28 heavy (non-hydrogen) atoms. The topological polar surface area (TPSA) is 84.5 Å². The molecule has 0 radical (unpaired) electrons. The van der Waals surface area contributed by atoms with Crippen molar-refractivity contribution in [2.45, 2.75) is 33.4 Å². The Bertz CT molecular complexity index is 890. The lowest BCUT2D eigenvalue weighted by molar-refractivity contribution is -0.386. The minimum Gasteiger partial charge on any atom is -0.338 e. The van der Waals surface area contributed by atoms with Gasteiger partial charge in [-0.15, -0.1) is 0 Å². The smallest absolute Gasteiger partial charge is 0.312 e. The first-order valence-corrected chi connectivity index (χ1v) is 9.62. The molecule has 0 bridgehead atoms. The van der Waals surface area contributed by atoms with E-state index in [4.69, 9.17) is 11.6 Å². The van der Waals surface area contributed by atoms with Crippen LogP contribution in [0.4, 0.5) is 5.69 Å². The lowest BCUT2D eigenvalue weighted by Crippen LogP contribution is -2.50. The van der Waals surface area contributed by atoms with Gasteiger partial charge >= 0.3 is 5.69 Å². The second-order valence-corrected chi connectivity index (χ2v) is 7.50. The average molecular weight is 406 g/mol. The molecule has 1 amide bonds. The first-order chi connectivity index (χ1) is 13.3. The first kappa shape index (κ1) is 20.3. The summed E-state index contributed by atoms with van der Waals surface area (Å²) in [4.78, 5) is 27.7. The van der Waals surface area contributed by atoms with Crippen LogP contribution < -0.4 is 0 Å². The lowest BCUT2D eigenvalue weighted by atomic mass is 10.2. The van der Waals surface area contributed by atoms with Gasteiger partial charge in [0.25, 0.3) is 0 Å². The maximum atomic E-state index is 12.9. The normalized spacial score (nSPS) is 16.2. The number of aryl methyl sites for hydroxylation is 1. The Hall–Kier alpha value is -2.45. The molecule has 2 heterocycles. The van der Waals surface area contributed by atoms with Crippen LogP contribution in [0.25, 0.3) is 0 Å². The molecule has 1 aromatic carbocycles. The van der Waals surface area contributed by atoms with Gasteiger partial charge in [-0.1, -0.05) is 29.8 Å². The van der Waals surface area contributed by atoms with Crippen LogP contribution in [0.1, 0.15) is 29.9 Å². The molecule has 2 aromatic rings. The van der Waals surface area contributed by atoms with E-state index in [0.29, 0.717) is 24.5 Å². The molecule has 3 rings (SSSR count). The maximum Gasteiger partial charge on any atom is 0.312 e. The molecule has 0 saturated carbocycles. The molecule has 9 heteroatoms. The Balaban J connectivity index is 1.63. The summed E-state index contributed by atoms with van der Waals surface area (Å²) in [6.45, 7) is 8.42. The number of halogens is 1. The molecule has 0 spiro atoms. The van der Waals surface area contributed by atoms with Crippen molar-refractivity contribution in [3.8, 4) is 0 Å². The molecule has 1 aromatic heterocycles. The van der Waals surface area contributed by atoms with Crippen LogP contribution in [0.15, 0.2) is 24.3 Å². The molecule has 0 N–H and O–H groups in total. The van der Waals surface area contributed by atoms with Gasteiger partial charge in [0.2, 0.25) is 5.91 Å². The average Bonchev–Trinajstić information content (AvgIpc) is 2.97. The van der Waals surface area contributed by atoms with Crippen molar-refractivity contribution in [3.63, 3.8) is 0 Å². The number of aromatic nitrogens is 2. The molecule has 1 fully saturated rings. The minimum atomic E-state index is -0.581. The largest absolute Gasteiger partial charge is 0.338 e. The number of rotatable bonds is 5. The Morgan fingerprint density at radius 2 is 1.89 bits per heavy atom. The lowest BCUT2D eigenvalue weighted by Gasteiger charge is -2.36. The van der Waals surface area contributed by atoms with Crippen LogP contribution in [-0.2, 0) is 11.3 Å². The van der Waals surface area contributed by atoms with E-state index in [9.17, 15) is 14.9 Å². The van der Waals surface area contributed by atoms with Crippen molar-refractivity contribution in [2.75, 3.05) is 26.2 Å². The van der Waals surface area contributed by atoms with Gasteiger partial charge in [-0.25, -0.2) is 0 Å². The number of carbonyl (C=O) groups excluding carboxylic acids is 1. The fraction of sp³-hybridized carbons (Fsp3) is 0.474. The van der Waals surface area contributed by atoms with E-state index in [1.165, 1.54) is 4.68 Å². The van der Waals surface area contributed by atoms with E-state index in [1.54, 1.807) is 25.7 Å². The highest BCUT2D eigenvalue weighted by atomic mass is 35.5. The predicted octanol–water partition coefficient (Wildman–Crippen LogP) is 2.97. The number of nitrogens with zero attached hydrogens (tertiary/aromatic N) is 5. The zero-order chi connectivity index (χ0) is 20.4. The summed E-state index contributed by atoms with van der Waals surface area (Å²) in [6, 6.07) is 7.19. The summed E-state index contributed by atoms with van der Waals surface area (Å²) >= 11 is 6.23. The molecule has 8 nitrogen and oxygen atoms in total. The summed E-state index contributed by atoms with van der Waals surface area (Å²) in [5.74, 6) is -0.0714. The predicted molar refractivity (Wildman–Crippen MR) is 106 cm³/mol. The van der Waals surface area contributed by atoms with Crippen LogP contribution in [0.3, 0.4) is 0 Å². The molecular formula is C19H24ClN5O3. The van der Waals surface area contributed by atoms with Crippen LogP contribution in [-0.4, -0.2) is 56.6 Å². The van der Waals surface area contributed by atoms with E-state index in [-0.39, 0.29) is 11.6 Å². The van der Waals surface area contributed by atoms with E-state index in [0.717, 1.165) is 30.2 Å². The quantitative estimate of drug-likeness (QED) is 0.564. The van der Waals surface area contributed by atoms with Crippen LogP contribution >= 0.6 is 11.6 Å². The molecule has 1 unspecified atom stereocenters. The Kier molecular flexibility index (Phi) is 6.00. The fourth-order valence-electron chi connectivity index (χ4n) is 3.66. The van der Waals surface area contributed by atoms with E-state index in [1.807, 2.05) is 24.3 Å².